The summed E-state index contributed by atoms with van der Waals surface area (Å²) in [5.74, 6) is 0.969. The van der Waals surface area contributed by atoms with E-state index in [2.05, 4.69) is 24.5 Å². The van der Waals surface area contributed by atoms with E-state index < -0.39 is 12.2 Å². The third-order valence-corrected chi connectivity index (χ3v) is 5.81. The predicted octanol–water partition coefficient (Wildman–Crippen LogP) is 1.66. The molecule has 8 nitrogen and oxygen atoms in total. The van der Waals surface area contributed by atoms with Crippen LogP contribution in [0.2, 0.25) is 0 Å². The quantitative estimate of drug-likeness (QED) is 0.247. The molecular weight excluding hydrogens is 515 g/mol. The van der Waals surface area contributed by atoms with Crippen LogP contribution in [0.1, 0.15) is 37.0 Å². The maximum Gasteiger partial charge on any atom is 0.247 e. The Morgan fingerprint density at radius 2 is 2.10 bits per heavy atom. The van der Waals surface area contributed by atoms with Crippen LogP contribution in [0, 0.1) is 9.49 Å². The van der Waals surface area contributed by atoms with E-state index in [9.17, 15) is 14.7 Å². The van der Waals surface area contributed by atoms with Crippen molar-refractivity contribution < 1.29 is 29.3 Å². The number of hydrogen-bond donors (Lipinski definition) is 4. The highest BCUT2D eigenvalue weighted by atomic mass is 127. The summed E-state index contributed by atoms with van der Waals surface area (Å²) in [4.78, 5) is 23.7. The van der Waals surface area contributed by atoms with Gasteiger partial charge in [-0.3, -0.25) is 9.59 Å². The lowest BCUT2D eigenvalue weighted by atomic mass is 9.89. The molecule has 1 amide bonds. The highest BCUT2D eigenvalue weighted by Crippen LogP contribution is 2.36. The summed E-state index contributed by atoms with van der Waals surface area (Å²) in [7, 11) is 1.48. The van der Waals surface area contributed by atoms with E-state index in [1.54, 1.807) is 18.2 Å². The standard InChI is InChI=1S/C22H31IN2O6/c1-13(2)4-5-24-17-10-15(22(29)25-6-7-26)11-18(20(17)28)31-21-16(23)8-14(12-27)9-19(21)30-3/h8-9,11-13,17-18,20,24,26,28H,4-7,10H2,1-3H3,(H,25,29)/t17-,18+,20+/m1/s1. The zero-order valence-corrected chi connectivity index (χ0v) is 20.2. The van der Waals surface area contributed by atoms with E-state index in [0.29, 0.717) is 45.1 Å². The lowest BCUT2D eigenvalue weighted by Gasteiger charge is -2.35. The number of aldehydes is 1. The molecule has 1 aliphatic carbocycles. The fourth-order valence-corrected chi connectivity index (χ4v) is 4.07. The van der Waals surface area contributed by atoms with E-state index in [-0.39, 0.29) is 25.1 Å². The number of nitrogens with one attached hydrogen (secondary N) is 2. The zero-order valence-electron chi connectivity index (χ0n) is 18.1. The second-order valence-corrected chi connectivity index (χ2v) is 9.01. The Labute approximate surface area is 196 Å². The van der Waals surface area contributed by atoms with Gasteiger partial charge in [0, 0.05) is 23.7 Å². The number of carbonyl (C=O) groups is 2. The Hall–Kier alpha value is -1.69. The van der Waals surface area contributed by atoms with Crippen LogP contribution in [-0.4, -0.2) is 67.5 Å². The molecule has 0 saturated carbocycles. The molecular formula is C22H31IN2O6. The van der Waals surface area contributed by atoms with Crippen LogP contribution in [-0.2, 0) is 4.79 Å². The summed E-state index contributed by atoms with van der Waals surface area (Å²) in [6, 6.07) is 2.86. The highest BCUT2D eigenvalue weighted by Gasteiger charge is 2.36. The van der Waals surface area contributed by atoms with Gasteiger partial charge in [-0.15, -0.1) is 0 Å². The Morgan fingerprint density at radius 3 is 2.71 bits per heavy atom. The molecule has 0 bridgehead atoms. The topological polar surface area (TPSA) is 117 Å². The summed E-state index contributed by atoms with van der Waals surface area (Å²) in [6.07, 6.45) is 1.92. The van der Waals surface area contributed by atoms with Crippen molar-refractivity contribution in [1.29, 1.82) is 0 Å². The summed E-state index contributed by atoms with van der Waals surface area (Å²) in [5, 5.41) is 26.0. The molecule has 1 aliphatic rings. The fraction of sp³-hybridized carbons (Fsp3) is 0.545. The van der Waals surface area contributed by atoms with Crippen LogP contribution in [0.5, 0.6) is 11.5 Å². The molecule has 0 aromatic heterocycles. The lowest BCUT2D eigenvalue weighted by Crippen LogP contribution is -2.52. The minimum atomic E-state index is -0.896. The predicted molar refractivity (Wildman–Crippen MR) is 126 cm³/mol. The van der Waals surface area contributed by atoms with Crippen molar-refractivity contribution in [3.8, 4) is 11.5 Å². The third kappa shape index (κ3) is 7.16. The number of aliphatic hydroxyl groups excluding tert-OH is 2. The average molecular weight is 546 g/mol. The largest absolute Gasteiger partial charge is 0.493 e. The molecule has 0 unspecified atom stereocenters. The Bertz CT molecular complexity index is 798. The molecule has 1 aromatic rings. The summed E-state index contributed by atoms with van der Waals surface area (Å²) in [6.45, 7) is 4.93. The monoisotopic (exact) mass is 546 g/mol. The van der Waals surface area contributed by atoms with Crippen LogP contribution in [0.25, 0.3) is 0 Å². The van der Waals surface area contributed by atoms with Crippen LogP contribution >= 0.6 is 22.6 Å². The van der Waals surface area contributed by atoms with Crippen LogP contribution in [0.4, 0.5) is 0 Å². The maximum absolute atomic E-state index is 12.5. The first-order valence-electron chi connectivity index (χ1n) is 10.3. The second kappa shape index (κ2) is 12.4. The number of carbonyl (C=O) groups excluding carboxylic acids is 2. The van der Waals surface area contributed by atoms with Crippen LogP contribution < -0.4 is 20.1 Å². The molecule has 1 aromatic carbocycles. The number of amides is 1. The summed E-state index contributed by atoms with van der Waals surface area (Å²) in [5.41, 5.74) is 0.926. The molecule has 0 saturated heterocycles. The molecule has 0 heterocycles. The lowest BCUT2D eigenvalue weighted by molar-refractivity contribution is -0.118. The minimum Gasteiger partial charge on any atom is -0.493 e. The summed E-state index contributed by atoms with van der Waals surface area (Å²) >= 11 is 2.04. The third-order valence-electron chi connectivity index (χ3n) is 5.01. The van der Waals surface area contributed by atoms with Gasteiger partial charge in [0.15, 0.2) is 11.5 Å². The van der Waals surface area contributed by atoms with Crippen molar-refractivity contribution in [2.45, 2.75) is 44.9 Å². The van der Waals surface area contributed by atoms with Gasteiger partial charge < -0.3 is 30.3 Å². The van der Waals surface area contributed by atoms with Gasteiger partial charge >= 0.3 is 0 Å². The van der Waals surface area contributed by atoms with Crippen molar-refractivity contribution in [1.82, 2.24) is 10.6 Å². The van der Waals surface area contributed by atoms with Crippen molar-refractivity contribution in [3.63, 3.8) is 0 Å². The van der Waals surface area contributed by atoms with Gasteiger partial charge in [-0.1, -0.05) is 13.8 Å². The second-order valence-electron chi connectivity index (χ2n) is 7.84. The zero-order chi connectivity index (χ0) is 23.0. The highest BCUT2D eigenvalue weighted by molar-refractivity contribution is 14.1. The first kappa shape index (κ1) is 25.6. The molecule has 0 radical (unpaired) electrons. The van der Waals surface area contributed by atoms with Crippen LogP contribution in [0.15, 0.2) is 23.8 Å². The number of halogens is 1. The smallest absolute Gasteiger partial charge is 0.247 e. The first-order valence-corrected chi connectivity index (χ1v) is 11.4. The number of hydrogen-bond acceptors (Lipinski definition) is 7. The van der Waals surface area contributed by atoms with Crippen molar-refractivity contribution in [3.05, 3.63) is 32.9 Å². The number of ether oxygens (including phenoxy) is 2. The Balaban J connectivity index is 2.31. The molecule has 3 atom stereocenters. The molecule has 9 heteroatoms. The van der Waals surface area contributed by atoms with Gasteiger partial charge in [-0.25, -0.2) is 0 Å². The van der Waals surface area contributed by atoms with Gasteiger partial charge in [-0.2, -0.15) is 0 Å². The average Bonchev–Trinajstić information content (AvgIpc) is 2.74. The van der Waals surface area contributed by atoms with Crippen LogP contribution in [0.3, 0.4) is 0 Å². The number of aliphatic hydroxyl groups is 2. The van der Waals surface area contributed by atoms with Crippen molar-refractivity contribution in [2.24, 2.45) is 5.92 Å². The van der Waals surface area contributed by atoms with Gasteiger partial charge in [0.2, 0.25) is 5.91 Å². The number of benzene rings is 1. The van der Waals surface area contributed by atoms with E-state index in [4.69, 9.17) is 14.6 Å². The number of rotatable bonds is 11. The first-order chi connectivity index (χ1) is 14.8. The van der Waals surface area contributed by atoms with Crippen molar-refractivity contribution in [2.75, 3.05) is 26.8 Å². The van der Waals surface area contributed by atoms with E-state index >= 15 is 0 Å². The minimum absolute atomic E-state index is 0.147. The fourth-order valence-electron chi connectivity index (χ4n) is 3.32. The van der Waals surface area contributed by atoms with Crippen molar-refractivity contribution >= 4 is 34.8 Å². The number of methoxy groups -OCH3 is 1. The molecule has 4 N–H and O–H groups in total. The van der Waals surface area contributed by atoms with E-state index in [1.807, 2.05) is 22.6 Å². The molecule has 0 aliphatic heterocycles. The maximum atomic E-state index is 12.5. The molecule has 0 spiro atoms. The molecule has 0 fully saturated rings. The molecule has 172 valence electrons. The van der Waals surface area contributed by atoms with E-state index in [0.717, 1.165) is 12.7 Å². The van der Waals surface area contributed by atoms with Gasteiger partial charge in [0.1, 0.15) is 18.5 Å². The van der Waals surface area contributed by atoms with Gasteiger partial charge in [-0.05, 0) is 66.1 Å². The van der Waals surface area contributed by atoms with E-state index in [1.165, 1.54) is 7.11 Å². The SMILES string of the molecule is COc1cc(C=O)cc(I)c1O[C@H]1C=C(C(=O)NCCO)C[C@@H](NCCC(C)C)[C@@H]1O. The normalized spacial score (nSPS) is 20.9. The molecule has 2 rings (SSSR count). The summed E-state index contributed by atoms with van der Waals surface area (Å²) < 4.78 is 12.1. The Kier molecular flexibility index (Phi) is 10.2. The van der Waals surface area contributed by atoms with Gasteiger partial charge in [0.05, 0.1) is 17.3 Å². The molecule has 31 heavy (non-hydrogen) atoms. The van der Waals surface area contributed by atoms with Gasteiger partial charge in [0.25, 0.3) is 0 Å². The Morgan fingerprint density at radius 1 is 1.35 bits per heavy atom.